The molecule has 2 aromatic heterocycles. The smallest absolute Gasteiger partial charge is 0.221 e. The van der Waals surface area contributed by atoms with Crippen LogP contribution in [-0.4, -0.2) is 51.2 Å². The fraction of sp³-hybridized carbons (Fsp3) is 0.368. The van der Waals surface area contributed by atoms with Crippen molar-refractivity contribution in [3.05, 3.63) is 46.6 Å². The summed E-state index contributed by atoms with van der Waals surface area (Å²) in [6, 6.07) is 7.25. The Bertz CT molecular complexity index is 944. The van der Waals surface area contributed by atoms with Crippen LogP contribution in [0.15, 0.2) is 24.3 Å². The monoisotopic (exact) mass is 368 g/mol. The van der Waals surface area contributed by atoms with E-state index in [1.54, 1.807) is 12.1 Å². The molecule has 142 valence electrons. The van der Waals surface area contributed by atoms with Crippen molar-refractivity contribution in [2.24, 2.45) is 0 Å². The summed E-state index contributed by atoms with van der Waals surface area (Å²) >= 11 is 0. The number of carbonyl (C=O) groups is 1. The maximum absolute atomic E-state index is 13.1. The summed E-state index contributed by atoms with van der Waals surface area (Å²) < 4.78 is 5.67. The van der Waals surface area contributed by atoms with Gasteiger partial charge in [0.25, 0.3) is 0 Å². The SMILES string of the molecule is CCn1nnc(-c2[nH]c(C)c(C(=O)c3cccc(OCCNC)c3)c2C)n1. The molecule has 3 rings (SSSR count). The van der Waals surface area contributed by atoms with Crippen LogP contribution in [0.5, 0.6) is 5.75 Å². The molecule has 0 aliphatic heterocycles. The molecule has 0 bridgehead atoms. The first-order chi connectivity index (χ1) is 13.0. The van der Waals surface area contributed by atoms with E-state index >= 15 is 0 Å². The summed E-state index contributed by atoms with van der Waals surface area (Å²) in [4.78, 5) is 17.9. The summed E-state index contributed by atoms with van der Waals surface area (Å²) in [7, 11) is 1.87. The lowest BCUT2D eigenvalue weighted by atomic mass is 9.99. The lowest BCUT2D eigenvalue weighted by molar-refractivity contribution is 0.103. The Balaban J connectivity index is 1.90. The number of aromatic nitrogens is 5. The number of nitrogens with one attached hydrogen (secondary N) is 2. The number of benzene rings is 1. The number of carbonyl (C=O) groups excluding carboxylic acids is 1. The topological polar surface area (TPSA) is 97.7 Å². The van der Waals surface area contributed by atoms with E-state index < -0.39 is 0 Å². The number of rotatable bonds is 8. The second kappa shape index (κ2) is 8.13. The Morgan fingerprint density at radius 3 is 2.85 bits per heavy atom. The minimum Gasteiger partial charge on any atom is -0.492 e. The predicted molar refractivity (Wildman–Crippen MR) is 102 cm³/mol. The van der Waals surface area contributed by atoms with Crippen molar-refractivity contribution in [3.63, 3.8) is 0 Å². The van der Waals surface area contributed by atoms with Crippen LogP contribution in [0.4, 0.5) is 0 Å². The van der Waals surface area contributed by atoms with Crippen molar-refractivity contribution in [2.75, 3.05) is 20.2 Å². The van der Waals surface area contributed by atoms with Crippen molar-refractivity contribution < 1.29 is 9.53 Å². The molecule has 0 amide bonds. The van der Waals surface area contributed by atoms with Gasteiger partial charge in [-0.05, 0) is 50.7 Å². The van der Waals surface area contributed by atoms with Crippen LogP contribution >= 0.6 is 0 Å². The van der Waals surface area contributed by atoms with E-state index in [9.17, 15) is 4.79 Å². The number of hydrogen-bond donors (Lipinski definition) is 2. The zero-order valence-electron chi connectivity index (χ0n) is 16.0. The second-order valence-electron chi connectivity index (χ2n) is 6.24. The van der Waals surface area contributed by atoms with Crippen molar-refractivity contribution in [1.82, 2.24) is 30.5 Å². The molecule has 8 nitrogen and oxygen atoms in total. The average Bonchev–Trinajstić information content (AvgIpc) is 3.26. The molecule has 0 atom stereocenters. The van der Waals surface area contributed by atoms with Gasteiger partial charge in [-0.1, -0.05) is 12.1 Å². The van der Waals surface area contributed by atoms with Gasteiger partial charge in [-0.15, -0.1) is 10.2 Å². The summed E-state index contributed by atoms with van der Waals surface area (Å²) in [5.41, 5.74) is 3.53. The van der Waals surface area contributed by atoms with E-state index in [4.69, 9.17) is 4.74 Å². The first-order valence-electron chi connectivity index (χ1n) is 8.94. The minimum absolute atomic E-state index is 0.0607. The zero-order chi connectivity index (χ0) is 19.4. The number of ether oxygens (including phenoxy) is 1. The first-order valence-corrected chi connectivity index (χ1v) is 8.94. The van der Waals surface area contributed by atoms with Crippen LogP contribution in [0.2, 0.25) is 0 Å². The molecule has 27 heavy (non-hydrogen) atoms. The molecule has 0 saturated carbocycles. The Morgan fingerprint density at radius 1 is 1.33 bits per heavy atom. The van der Waals surface area contributed by atoms with Gasteiger partial charge in [-0.2, -0.15) is 4.80 Å². The third kappa shape index (κ3) is 3.90. The number of likely N-dealkylation sites (N-methyl/N-ethyl adjacent to an activating group) is 1. The molecule has 0 radical (unpaired) electrons. The number of H-pyrrole nitrogens is 1. The first kappa shape index (κ1) is 18.8. The van der Waals surface area contributed by atoms with Crippen LogP contribution in [0, 0.1) is 13.8 Å². The molecule has 0 fully saturated rings. The highest BCUT2D eigenvalue weighted by atomic mass is 16.5. The molecule has 0 aliphatic rings. The highest BCUT2D eigenvalue weighted by molar-refractivity contribution is 6.11. The third-order valence-corrected chi connectivity index (χ3v) is 4.34. The van der Waals surface area contributed by atoms with Gasteiger partial charge in [0.15, 0.2) is 5.78 Å². The minimum atomic E-state index is -0.0607. The van der Waals surface area contributed by atoms with Gasteiger partial charge >= 0.3 is 0 Å². The van der Waals surface area contributed by atoms with Gasteiger partial charge in [-0.3, -0.25) is 4.79 Å². The lowest BCUT2D eigenvalue weighted by Crippen LogP contribution is -2.16. The number of nitrogens with zero attached hydrogens (tertiary/aromatic N) is 4. The van der Waals surface area contributed by atoms with Gasteiger partial charge in [0.1, 0.15) is 12.4 Å². The number of aryl methyl sites for hydroxylation is 2. The standard InChI is InChI=1S/C19H24N6O2/c1-5-25-23-19(22-24-25)17-12(2)16(13(3)21-17)18(26)14-7-6-8-15(11-14)27-10-9-20-4/h6-8,11,20-21H,5,9-10H2,1-4H3. The van der Waals surface area contributed by atoms with Gasteiger partial charge in [0.05, 0.1) is 12.2 Å². The summed E-state index contributed by atoms with van der Waals surface area (Å²) in [6.07, 6.45) is 0. The molecular weight excluding hydrogens is 344 g/mol. The van der Waals surface area contributed by atoms with E-state index in [2.05, 4.69) is 25.7 Å². The average molecular weight is 368 g/mol. The molecular formula is C19H24N6O2. The number of aromatic amines is 1. The lowest BCUT2D eigenvalue weighted by Gasteiger charge is -2.08. The van der Waals surface area contributed by atoms with Crippen LogP contribution in [0.1, 0.15) is 34.1 Å². The van der Waals surface area contributed by atoms with E-state index in [0.717, 1.165) is 23.5 Å². The van der Waals surface area contributed by atoms with Crippen molar-refractivity contribution in [3.8, 4) is 17.3 Å². The fourth-order valence-electron chi connectivity index (χ4n) is 2.93. The second-order valence-corrected chi connectivity index (χ2v) is 6.24. The van der Waals surface area contributed by atoms with Gasteiger partial charge in [-0.25, -0.2) is 0 Å². The number of hydrogen-bond acceptors (Lipinski definition) is 6. The normalized spacial score (nSPS) is 11.0. The Morgan fingerprint density at radius 2 is 2.15 bits per heavy atom. The van der Waals surface area contributed by atoms with Crippen molar-refractivity contribution in [1.29, 1.82) is 0 Å². The Hall–Kier alpha value is -3.00. The van der Waals surface area contributed by atoms with Gasteiger partial charge < -0.3 is 15.0 Å². The van der Waals surface area contributed by atoms with E-state index in [0.29, 0.717) is 35.9 Å². The van der Waals surface area contributed by atoms with Crippen LogP contribution in [-0.2, 0) is 6.54 Å². The predicted octanol–water partition coefficient (Wildman–Crippen LogP) is 2.13. The summed E-state index contributed by atoms with van der Waals surface area (Å²) in [5.74, 6) is 1.10. The third-order valence-electron chi connectivity index (χ3n) is 4.34. The van der Waals surface area contributed by atoms with Gasteiger partial charge in [0, 0.05) is 23.4 Å². The Labute approximate surface area is 157 Å². The quantitative estimate of drug-likeness (QED) is 0.467. The molecule has 8 heteroatoms. The number of ketones is 1. The number of tetrazole rings is 1. The molecule has 0 spiro atoms. The van der Waals surface area contributed by atoms with E-state index in [1.165, 1.54) is 4.80 Å². The maximum atomic E-state index is 13.1. The molecule has 2 heterocycles. The highest BCUT2D eigenvalue weighted by Gasteiger charge is 2.22. The summed E-state index contributed by atoms with van der Waals surface area (Å²) in [6.45, 7) is 7.63. The highest BCUT2D eigenvalue weighted by Crippen LogP contribution is 2.27. The summed E-state index contributed by atoms with van der Waals surface area (Å²) in [5, 5.41) is 15.4. The largest absolute Gasteiger partial charge is 0.492 e. The molecule has 0 aliphatic carbocycles. The van der Waals surface area contributed by atoms with Crippen LogP contribution in [0.3, 0.4) is 0 Å². The molecule has 0 saturated heterocycles. The van der Waals surface area contributed by atoms with Crippen molar-refractivity contribution in [2.45, 2.75) is 27.3 Å². The zero-order valence-corrected chi connectivity index (χ0v) is 16.0. The van der Waals surface area contributed by atoms with E-state index in [-0.39, 0.29) is 5.78 Å². The molecule has 3 aromatic rings. The Kier molecular flexibility index (Phi) is 5.66. The van der Waals surface area contributed by atoms with E-state index in [1.807, 2.05) is 40.0 Å². The molecule has 0 unspecified atom stereocenters. The van der Waals surface area contributed by atoms with Gasteiger partial charge in [0.2, 0.25) is 5.82 Å². The maximum Gasteiger partial charge on any atom is 0.221 e. The van der Waals surface area contributed by atoms with Crippen molar-refractivity contribution >= 4 is 5.78 Å². The molecule has 1 aromatic carbocycles. The fourth-order valence-corrected chi connectivity index (χ4v) is 2.93. The van der Waals surface area contributed by atoms with Crippen LogP contribution in [0.25, 0.3) is 11.5 Å². The molecule has 2 N–H and O–H groups in total. The van der Waals surface area contributed by atoms with Crippen LogP contribution < -0.4 is 10.1 Å².